The number of hydrogen-bond acceptors (Lipinski definition) is 5. The number of rotatable bonds is 4. The Morgan fingerprint density at radius 1 is 1.31 bits per heavy atom. The number of thiophene rings is 1. The molecule has 2 aliphatic rings. The molecule has 2 heterocycles. The minimum atomic E-state index is -1.20. The first-order valence-electron chi connectivity index (χ1n) is 10.6. The van der Waals surface area contributed by atoms with E-state index in [1.807, 2.05) is 10.6 Å². The van der Waals surface area contributed by atoms with E-state index in [-0.39, 0.29) is 35.5 Å². The fraction of sp³-hybridized carbons (Fsp3) is 0.417. The largest absolute Gasteiger partial charge is 0.494 e. The first-order chi connectivity index (χ1) is 14.7. The van der Waals surface area contributed by atoms with Gasteiger partial charge in [0.1, 0.15) is 5.56 Å². The van der Waals surface area contributed by atoms with Gasteiger partial charge >= 0.3 is 5.97 Å². The number of nitrogens with zero attached hydrogens (tertiary/aromatic N) is 1. The van der Waals surface area contributed by atoms with Crippen molar-refractivity contribution in [3.63, 3.8) is 0 Å². The molecule has 5 rings (SSSR count). The maximum absolute atomic E-state index is 12.9. The zero-order chi connectivity index (χ0) is 22.1. The van der Waals surface area contributed by atoms with Crippen LogP contribution in [0.3, 0.4) is 0 Å². The number of hydrogen-bond donors (Lipinski definition) is 2. The lowest BCUT2D eigenvalue weighted by Crippen LogP contribution is -2.28. The van der Waals surface area contributed by atoms with Gasteiger partial charge in [-0.1, -0.05) is 13.8 Å². The Morgan fingerprint density at radius 2 is 2.03 bits per heavy atom. The summed E-state index contributed by atoms with van der Waals surface area (Å²) in [5, 5.41) is 9.90. The monoisotopic (exact) mass is 474 g/mol. The average Bonchev–Trinajstić information content (AvgIpc) is 3.45. The van der Waals surface area contributed by atoms with Gasteiger partial charge in [0.15, 0.2) is 5.75 Å². The van der Waals surface area contributed by atoms with E-state index in [4.69, 9.17) is 10.5 Å². The molecule has 8 heteroatoms. The van der Waals surface area contributed by atoms with Gasteiger partial charge in [0, 0.05) is 33.6 Å². The number of aromatic nitrogens is 1. The molecule has 2 aromatic heterocycles. The van der Waals surface area contributed by atoms with E-state index in [1.54, 1.807) is 24.5 Å². The SMILES string of the molecule is COc1c(-c2cc3c(s2)C(N)CC(C)(C)C3)ccc2c(=O)c(C(=O)O)cn(C3CC3)c12.Cl. The average molecular weight is 475 g/mol. The van der Waals surface area contributed by atoms with Gasteiger partial charge in [-0.15, -0.1) is 23.7 Å². The Kier molecular flexibility index (Phi) is 5.64. The first-order valence-corrected chi connectivity index (χ1v) is 11.4. The van der Waals surface area contributed by atoms with Gasteiger partial charge in [0.2, 0.25) is 5.43 Å². The molecule has 1 atom stereocenters. The van der Waals surface area contributed by atoms with Gasteiger partial charge in [0.05, 0.1) is 18.0 Å². The Balaban J connectivity index is 0.00000245. The highest BCUT2D eigenvalue weighted by Crippen LogP contribution is 2.48. The molecular formula is C24H27ClN2O4S. The predicted molar refractivity (Wildman–Crippen MR) is 130 cm³/mol. The van der Waals surface area contributed by atoms with Crippen molar-refractivity contribution in [3.05, 3.63) is 50.6 Å². The lowest BCUT2D eigenvalue weighted by molar-refractivity contribution is 0.0695. The zero-order valence-corrected chi connectivity index (χ0v) is 19.9. The molecule has 6 nitrogen and oxygen atoms in total. The molecular weight excluding hydrogens is 448 g/mol. The van der Waals surface area contributed by atoms with Crippen LogP contribution in [0.1, 0.15) is 66.0 Å². The van der Waals surface area contributed by atoms with Crippen LogP contribution in [-0.2, 0) is 6.42 Å². The fourth-order valence-corrected chi connectivity index (χ4v) is 6.12. The highest BCUT2D eigenvalue weighted by molar-refractivity contribution is 7.15. The second kappa shape index (κ2) is 7.90. The molecule has 0 bridgehead atoms. The molecule has 1 saturated carbocycles. The normalized spacial score (nSPS) is 19.3. The van der Waals surface area contributed by atoms with Gasteiger partial charge in [-0.25, -0.2) is 4.79 Å². The molecule has 170 valence electrons. The number of aromatic carboxylic acids is 1. The lowest BCUT2D eigenvalue weighted by atomic mass is 9.75. The molecule has 1 aromatic carbocycles. The van der Waals surface area contributed by atoms with Crippen LogP contribution in [-0.4, -0.2) is 22.8 Å². The van der Waals surface area contributed by atoms with Crippen molar-refractivity contribution in [3.8, 4) is 16.2 Å². The van der Waals surface area contributed by atoms with Crippen molar-refractivity contribution in [2.75, 3.05) is 7.11 Å². The number of methoxy groups -OCH3 is 1. The summed E-state index contributed by atoms with van der Waals surface area (Å²) in [5.74, 6) is -0.586. The first kappa shape index (κ1) is 22.8. The minimum absolute atomic E-state index is 0. The van der Waals surface area contributed by atoms with Gasteiger partial charge in [-0.05, 0) is 54.9 Å². The van der Waals surface area contributed by atoms with Crippen LogP contribution in [0.15, 0.2) is 29.2 Å². The molecule has 0 spiro atoms. The molecule has 0 radical (unpaired) electrons. The van der Waals surface area contributed by atoms with Crippen molar-refractivity contribution in [1.82, 2.24) is 4.57 Å². The minimum Gasteiger partial charge on any atom is -0.494 e. The van der Waals surface area contributed by atoms with E-state index < -0.39 is 11.4 Å². The van der Waals surface area contributed by atoms with E-state index in [0.717, 1.165) is 36.1 Å². The molecule has 0 aliphatic heterocycles. The molecule has 3 aromatic rings. The predicted octanol–water partition coefficient (Wildman–Crippen LogP) is 5.17. The van der Waals surface area contributed by atoms with Crippen LogP contribution in [0.4, 0.5) is 0 Å². The van der Waals surface area contributed by atoms with Crippen molar-refractivity contribution >= 4 is 40.6 Å². The number of benzene rings is 1. The fourth-order valence-electron chi connectivity index (χ4n) is 4.92. The van der Waals surface area contributed by atoms with Gasteiger partial charge in [-0.2, -0.15) is 0 Å². The summed E-state index contributed by atoms with van der Waals surface area (Å²) in [5.41, 5.74) is 8.85. The second-order valence-electron chi connectivity index (χ2n) is 9.51. The summed E-state index contributed by atoms with van der Waals surface area (Å²) in [6.45, 7) is 4.50. The van der Waals surface area contributed by atoms with Crippen LogP contribution in [0.2, 0.25) is 0 Å². The summed E-state index contributed by atoms with van der Waals surface area (Å²) < 4.78 is 7.78. The van der Waals surface area contributed by atoms with Crippen molar-refractivity contribution in [2.24, 2.45) is 11.1 Å². The van der Waals surface area contributed by atoms with E-state index in [0.29, 0.717) is 16.7 Å². The van der Waals surface area contributed by atoms with Crippen LogP contribution in [0.25, 0.3) is 21.3 Å². The maximum atomic E-state index is 12.9. The molecule has 0 amide bonds. The summed E-state index contributed by atoms with van der Waals surface area (Å²) >= 11 is 1.69. The summed E-state index contributed by atoms with van der Waals surface area (Å²) in [6, 6.07) is 6.03. The highest BCUT2D eigenvalue weighted by atomic mass is 35.5. The third-order valence-corrected chi connectivity index (χ3v) is 7.75. The Labute approximate surface area is 196 Å². The van der Waals surface area contributed by atoms with E-state index in [9.17, 15) is 14.7 Å². The Bertz CT molecular complexity index is 1290. The third kappa shape index (κ3) is 3.62. The van der Waals surface area contributed by atoms with Crippen LogP contribution in [0, 0.1) is 5.41 Å². The number of halogens is 1. The molecule has 32 heavy (non-hydrogen) atoms. The third-order valence-electron chi connectivity index (χ3n) is 6.41. The van der Waals surface area contributed by atoms with Crippen LogP contribution in [0.5, 0.6) is 5.75 Å². The van der Waals surface area contributed by atoms with E-state index in [2.05, 4.69) is 19.9 Å². The quantitative estimate of drug-likeness (QED) is 0.544. The van der Waals surface area contributed by atoms with E-state index in [1.165, 1.54) is 16.6 Å². The van der Waals surface area contributed by atoms with Gasteiger partial charge in [-0.3, -0.25) is 4.79 Å². The molecule has 3 N–H and O–H groups in total. The van der Waals surface area contributed by atoms with Crippen molar-refractivity contribution in [2.45, 2.75) is 51.6 Å². The standard InChI is InChI=1S/C24H26N2O4S.ClH/c1-24(2)9-12-8-18(31-22(12)17(25)10-24)14-6-7-15-19(21(14)30-3)26(13-4-5-13)11-16(20(15)27)23(28)29;/h6-8,11,13,17H,4-5,9-10,25H2,1-3H3,(H,28,29);1H. The smallest absolute Gasteiger partial charge is 0.341 e. The number of ether oxygens (including phenoxy) is 1. The topological polar surface area (TPSA) is 94.6 Å². The second-order valence-corrected chi connectivity index (χ2v) is 10.6. The van der Waals surface area contributed by atoms with E-state index >= 15 is 0 Å². The summed E-state index contributed by atoms with van der Waals surface area (Å²) in [6.07, 6.45) is 5.34. The maximum Gasteiger partial charge on any atom is 0.341 e. The molecule has 0 saturated heterocycles. The number of fused-ring (bicyclic) bond motifs is 2. The number of pyridine rings is 1. The zero-order valence-electron chi connectivity index (χ0n) is 18.3. The number of carboxylic acid groups (broad SMARTS) is 1. The summed E-state index contributed by atoms with van der Waals surface area (Å²) in [4.78, 5) is 26.8. The Hall–Kier alpha value is -2.35. The summed E-state index contributed by atoms with van der Waals surface area (Å²) in [7, 11) is 1.60. The van der Waals surface area contributed by atoms with Crippen LogP contribution < -0.4 is 15.9 Å². The van der Waals surface area contributed by atoms with Gasteiger partial charge in [0.25, 0.3) is 0 Å². The van der Waals surface area contributed by atoms with Crippen LogP contribution >= 0.6 is 23.7 Å². The number of nitrogens with two attached hydrogens (primary N) is 1. The van der Waals surface area contributed by atoms with Crippen molar-refractivity contribution in [1.29, 1.82) is 0 Å². The molecule has 2 aliphatic carbocycles. The van der Waals surface area contributed by atoms with Crippen molar-refractivity contribution < 1.29 is 14.6 Å². The molecule has 1 unspecified atom stereocenters. The number of carbonyl (C=O) groups is 1. The van der Waals surface area contributed by atoms with Gasteiger partial charge < -0.3 is 20.1 Å². The Morgan fingerprint density at radius 3 is 2.66 bits per heavy atom. The lowest BCUT2D eigenvalue weighted by Gasteiger charge is -2.33. The highest BCUT2D eigenvalue weighted by Gasteiger charge is 2.33. The number of carboxylic acids is 1. The molecule has 1 fully saturated rings.